The van der Waals surface area contributed by atoms with Gasteiger partial charge < -0.3 is 10.6 Å². The van der Waals surface area contributed by atoms with Gasteiger partial charge in [-0.25, -0.2) is 0 Å². The van der Waals surface area contributed by atoms with Gasteiger partial charge in [0, 0.05) is 23.8 Å². The topological polar surface area (TPSA) is 44.4 Å². The number of nitrogens with zero attached hydrogens (tertiary/aromatic N) is 1. The van der Waals surface area contributed by atoms with Gasteiger partial charge in [0.05, 0.1) is 6.54 Å². The van der Waals surface area contributed by atoms with Crippen molar-refractivity contribution in [3.63, 3.8) is 0 Å². The summed E-state index contributed by atoms with van der Waals surface area (Å²) in [6.07, 6.45) is 1.09. The molecule has 0 radical (unpaired) electrons. The molecule has 0 aliphatic carbocycles. The molecule has 104 valence electrons. The van der Waals surface area contributed by atoms with Crippen molar-refractivity contribution < 1.29 is 4.79 Å². The molecule has 19 heavy (non-hydrogen) atoms. The molecule has 4 nitrogen and oxygen atoms in total. The summed E-state index contributed by atoms with van der Waals surface area (Å²) in [6.45, 7) is 6.27. The summed E-state index contributed by atoms with van der Waals surface area (Å²) < 4.78 is 0. The Balaban J connectivity index is 1.89. The molecule has 1 aromatic rings. The Bertz CT molecular complexity index is 442. The van der Waals surface area contributed by atoms with Crippen LogP contribution in [0, 0.1) is 6.92 Å². The summed E-state index contributed by atoms with van der Waals surface area (Å²) in [6, 6.07) is 5.49. The van der Waals surface area contributed by atoms with Gasteiger partial charge in [0.2, 0.25) is 5.91 Å². The molecule has 1 saturated heterocycles. The van der Waals surface area contributed by atoms with Crippen molar-refractivity contribution in [2.24, 2.45) is 0 Å². The first kappa shape index (κ1) is 14.3. The van der Waals surface area contributed by atoms with Crippen LogP contribution >= 0.6 is 11.6 Å². The van der Waals surface area contributed by atoms with Crippen molar-refractivity contribution in [2.45, 2.75) is 13.3 Å². The summed E-state index contributed by atoms with van der Waals surface area (Å²) in [5.41, 5.74) is 1.82. The zero-order valence-corrected chi connectivity index (χ0v) is 12.0. The number of hydrogen-bond donors (Lipinski definition) is 2. The van der Waals surface area contributed by atoms with Gasteiger partial charge in [0.15, 0.2) is 0 Å². The third-order valence-electron chi connectivity index (χ3n) is 3.26. The minimum absolute atomic E-state index is 0.0346. The van der Waals surface area contributed by atoms with Crippen LogP contribution in [-0.4, -0.2) is 43.5 Å². The first-order valence-corrected chi connectivity index (χ1v) is 7.02. The molecule has 2 N–H and O–H groups in total. The molecule has 1 amide bonds. The molecule has 1 aliphatic rings. The average molecular weight is 282 g/mol. The van der Waals surface area contributed by atoms with Gasteiger partial charge in [-0.2, -0.15) is 0 Å². The third-order valence-corrected chi connectivity index (χ3v) is 3.50. The van der Waals surface area contributed by atoms with Crippen LogP contribution in [0.25, 0.3) is 0 Å². The van der Waals surface area contributed by atoms with Crippen LogP contribution in [-0.2, 0) is 4.79 Å². The van der Waals surface area contributed by atoms with Crippen LogP contribution in [0.5, 0.6) is 0 Å². The highest BCUT2D eigenvalue weighted by atomic mass is 35.5. The largest absolute Gasteiger partial charge is 0.325 e. The number of anilines is 1. The lowest BCUT2D eigenvalue weighted by Gasteiger charge is -2.19. The fourth-order valence-electron chi connectivity index (χ4n) is 2.22. The zero-order valence-electron chi connectivity index (χ0n) is 11.2. The van der Waals surface area contributed by atoms with E-state index in [1.807, 2.05) is 19.1 Å². The SMILES string of the molecule is Cc1cc(Cl)ccc1NC(=O)CN1CCCNCC1. The summed E-state index contributed by atoms with van der Waals surface area (Å²) in [7, 11) is 0. The molecular weight excluding hydrogens is 262 g/mol. The monoisotopic (exact) mass is 281 g/mol. The van der Waals surface area contributed by atoms with E-state index in [0.717, 1.165) is 43.9 Å². The molecule has 0 spiro atoms. The summed E-state index contributed by atoms with van der Waals surface area (Å²) in [5.74, 6) is 0.0346. The van der Waals surface area contributed by atoms with Crippen LogP contribution in [0.1, 0.15) is 12.0 Å². The number of nitrogens with one attached hydrogen (secondary N) is 2. The fraction of sp³-hybridized carbons (Fsp3) is 0.500. The second-order valence-electron chi connectivity index (χ2n) is 4.89. The quantitative estimate of drug-likeness (QED) is 0.889. The number of carbonyl (C=O) groups excluding carboxylic acids is 1. The maximum absolute atomic E-state index is 12.0. The molecule has 0 saturated carbocycles. The van der Waals surface area contributed by atoms with Gasteiger partial charge in [-0.1, -0.05) is 11.6 Å². The van der Waals surface area contributed by atoms with E-state index in [9.17, 15) is 4.79 Å². The number of halogens is 1. The predicted molar refractivity (Wildman–Crippen MR) is 78.7 cm³/mol. The molecule has 1 aromatic carbocycles. The molecule has 0 aromatic heterocycles. The number of rotatable bonds is 3. The smallest absolute Gasteiger partial charge is 0.238 e. The van der Waals surface area contributed by atoms with Crippen molar-refractivity contribution in [3.05, 3.63) is 28.8 Å². The maximum Gasteiger partial charge on any atom is 0.238 e. The van der Waals surface area contributed by atoms with E-state index in [-0.39, 0.29) is 5.91 Å². The van der Waals surface area contributed by atoms with E-state index in [4.69, 9.17) is 11.6 Å². The van der Waals surface area contributed by atoms with Gasteiger partial charge in [0.25, 0.3) is 0 Å². The molecule has 1 fully saturated rings. The van der Waals surface area contributed by atoms with Crippen LogP contribution in [0.15, 0.2) is 18.2 Å². The highest BCUT2D eigenvalue weighted by molar-refractivity contribution is 6.30. The summed E-state index contributed by atoms with van der Waals surface area (Å²) >= 11 is 5.90. The Labute approximate surface area is 119 Å². The Hall–Kier alpha value is -1.10. The molecule has 1 aliphatic heterocycles. The molecule has 0 unspecified atom stereocenters. The second-order valence-corrected chi connectivity index (χ2v) is 5.32. The lowest BCUT2D eigenvalue weighted by atomic mass is 10.2. The van der Waals surface area contributed by atoms with E-state index in [1.54, 1.807) is 6.07 Å². The van der Waals surface area contributed by atoms with Crippen molar-refractivity contribution in [1.29, 1.82) is 0 Å². The number of benzene rings is 1. The Morgan fingerprint density at radius 2 is 2.26 bits per heavy atom. The molecule has 0 bridgehead atoms. The molecular formula is C14H20ClN3O. The molecule has 0 atom stereocenters. The van der Waals surface area contributed by atoms with Crippen LogP contribution in [0.4, 0.5) is 5.69 Å². The molecule has 2 rings (SSSR count). The lowest BCUT2D eigenvalue weighted by molar-refractivity contribution is -0.117. The van der Waals surface area contributed by atoms with Gasteiger partial charge in [-0.15, -0.1) is 0 Å². The Morgan fingerprint density at radius 1 is 1.42 bits per heavy atom. The summed E-state index contributed by atoms with van der Waals surface area (Å²) in [4.78, 5) is 14.2. The second kappa shape index (κ2) is 6.89. The molecule has 1 heterocycles. The van der Waals surface area contributed by atoms with Crippen LogP contribution < -0.4 is 10.6 Å². The maximum atomic E-state index is 12.0. The predicted octanol–water partition coefficient (Wildman–Crippen LogP) is 1.88. The van der Waals surface area contributed by atoms with Gasteiger partial charge >= 0.3 is 0 Å². The summed E-state index contributed by atoms with van der Waals surface area (Å²) in [5, 5.41) is 6.96. The van der Waals surface area contributed by atoms with Gasteiger partial charge in [-0.05, 0) is 50.2 Å². The van der Waals surface area contributed by atoms with E-state index < -0.39 is 0 Å². The first-order valence-electron chi connectivity index (χ1n) is 6.64. The lowest BCUT2D eigenvalue weighted by Crippen LogP contribution is -2.35. The van der Waals surface area contributed by atoms with E-state index >= 15 is 0 Å². The standard InChI is InChI=1S/C14H20ClN3O/c1-11-9-12(15)3-4-13(11)17-14(19)10-18-7-2-5-16-6-8-18/h3-4,9,16H,2,5-8,10H2,1H3,(H,17,19). The van der Waals surface area contributed by atoms with Crippen LogP contribution in [0.2, 0.25) is 5.02 Å². The number of carbonyl (C=O) groups is 1. The Morgan fingerprint density at radius 3 is 3.05 bits per heavy atom. The third kappa shape index (κ3) is 4.49. The fourth-order valence-corrected chi connectivity index (χ4v) is 2.45. The minimum Gasteiger partial charge on any atom is -0.325 e. The average Bonchev–Trinajstić information content (AvgIpc) is 2.61. The normalized spacial score (nSPS) is 16.9. The first-order chi connectivity index (χ1) is 9.15. The minimum atomic E-state index is 0.0346. The van der Waals surface area contributed by atoms with Crippen molar-refractivity contribution in [1.82, 2.24) is 10.2 Å². The van der Waals surface area contributed by atoms with Crippen LogP contribution in [0.3, 0.4) is 0 Å². The van der Waals surface area contributed by atoms with E-state index in [2.05, 4.69) is 15.5 Å². The number of hydrogen-bond acceptors (Lipinski definition) is 3. The number of amides is 1. The van der Waals surface area contributed by atoms with E-state index in [1.165, 1.54) is 0 Å². The highest BCUT2D eigenvalue weighted by Gasteiger charge is 2.13. The van der Waals surface area contributed by atoms with Crippen molar-refractivity contribution >= 4 is 23.2 Å². The Kier molecular flexibility index (Phi) is 5.19. The highest BCUT2D eigenvalue weighted by Crippen LogP contribution is 2.19. The van der Waals surface area contributed by atoms with Crippen molar-refractivity contribution in [2.75, 3.05) is 38.0 Å². The number of aryl methyl sites for hydroxylation is 1. The van der Waals surface area contributed by atoms with Crippen molar-refractivity contribution in [3.8, 4) is 0 Å². The van der Waals surface area contributed by atoms with Gasteiger partial charge in [0.1, 0.15) is 0 Å². The molecule has 5 heteroatoms. The zero-order chi connectivity index (χ0) is 13.7. The van der Waals surface area contributed by atoms with Gasteiger partial charge in [-0.3, -0.25) is 9.69 Å². The van der Waals surface area contributed by atoms with E-state index in [0.29, 0.717) is 11.6 Å².